The summed E-state index contributed by atoms with van der Waals surface area (Å²) in [5.41, 5.74) is 0.542. The van der Waals surface area contributed by atoms with Gasteiger partial charge in [-0.2, -0.15) is 9.40 Å². The number of amides is 1. The molecule has 11 nitrogen and oxygen atoms in total. The Hall–Kier alpha value is -2.80. The first-order chi connectivity index (χ1) is 15.8. The van der Waals surface area contributed by atoms with Gasteiger partial charge in [0.15, 0.2) is 0 Å². The third-order valence-corrected chi connectivity index (χ3v) is 7.48. The highest BCUT2D eigenvalue weighted by Gasteiger charge is 2.27. The van der Waals surface area contributed by atoms with E-state index in [1.807, 2.05) is 0 Å². The zero-order valence-electron chi connectivity index (χ0n) is 18.3. The van der Waals surface area contributed by atoms with Gasteiger partial charge in [-0.05, 0) is 37.1 Å². The van der Waals surface area contributed by atoms with Crippen LogP contribution < -0.4 is 16.2 Å². The van der Waals surface area contributed by atoms with Gasteiger partial charge in [-0.15, -0.1) is 0 Å². The summed E-state index contributed by atoms with van der Waals surface area (Å²) in [5.74, 6) is -0.563. The van der Waals surface area contributed by atoms with Crippen LogP contribution in [0, 0.1) is 0 Å². The van der Waals surface area contributed by atoms with Gasteiger partial charge in [0.05, 0.1) is 35.6 Å². The fraction of sp³-hybridized carbons (Fsp3) is 0.476. The Balaban J connectivity index is 1.62. The van der Waals surface area contributed by atoms with Crippen molar-refractivity contribution in [3.63, 3.8) is 0 Å². The second-order valence-electron chi connectivity index (χ2n) is 7.87. The van der Waals surface area contributed by atoms with Gasteiger partial charge in [0.2, 0.25) is 10.0 Å². The number of sulfonamides is 1. The number of ether oxygens (including phenoxy) is 2. The van der Waals surface area contributed by atoms with Crippen molar-refractivity contribution in [3.8, 4) is 0 Å². The maximum atomic E-state index is 13.1. The number of aryl methyl sites for hydroxylation is 1. The SMILES string of the molecule is Cn1nc(C(=O)Nc2cc(S(=O)(=O)N3CCOCC3)ccc2NCC2CCCO2)ccc1=O. The Morgan fingerprint density at radius 1 is 1.15 bits per heavy atom. The first kappa shape index (κ1) is 23.4. The third-order valence-electron chi connectivity index (χ3n) is 5.58. The lowest BCUT2D eigenvalue weighted by atomic mass is 10.2. The van der Waals surface area contributed by atoms with Gasteiger partial charge in [-0.1, -0.05) is 0 Å². The minimum Gasteiger partial charge on any atom is -0.381 e. The molecule has 0 aliphatic carbocycles. The maximum absolute atomic E-state index is 13.1. The Labute approximate surface area is 191 Å². The Bertz CT molecular complexity index is 1170. The molecule has 2 fully saturated rings. The number of carbonyl (C=O) groups is 1. The minimum absolute atomic E-state index is 0.0311. The van der Waals surface area contributed by atoms with Crippen LogP contribution in [-0.4, -0.2) is 74.0 Å². The molecule has 178 valence electrons. The number of anilines is 2. The van der Waals surface area contributed by atoms with Crippen molar-refractivity contribution in [1.82, 2.24) is 14.1 Å². The summed E-state index contributed by atoms with van der Waals surface area (Å²) in [5, 5.41) is 9.95. The molecule has 0 bridgehead atoms. The fourth-order valence-electron chi connectivity index (χ4n) is 3.72. The normalized spacial score (nSPS) is 19.4. The van der Waals surface area contributed by atoms with E-state index in [9.17, 15) is 18.0 Å². The van der Waals surface area contributed by atoms with Crippen molar-refractivity contribution in [3.05, 3.63) is 46.4 Å². The quantitative estimate of drug-likeness (QED) is 0.594. The monoisotopic (exact) mass is 477 g/mol. The van der Waals surface area contributed by atoms with Crippen molar-refractivity contribution in [2.45, 2.75) is 23.8 Å². The highest BCUT2D eigenvalue weighted by atomic mass is 32.2. The van der Waals surface area contributed by atoms with E-state index in [1.165, 1.54) is 35.6 Å². The molecular weight excluding hydrogens is 450 g/mol. The Morgan fingerprint density at radius 3 is 2.64 bits per heavy atom. The predicted molar refractivity (Wildman–Crippen MR) is 121 cm³/mol. The van der Waals surface area contributed by atoms with Crippen LogP contribution in [0.1, 0.15) is 23.3 Å². The summed E-state index contributed by atoms with van der Waals surface area (Å²) < 4.78 is 39.6. The summed E-state index contributed by atoms with van der Waals surface area (Å²) in [6, 6.07) is 7.15. The second kappa shape index (κ2) is 10.00. The van der Waals surface area contributed by atoms with Gasteiger partial charge < -0.3 is 20.1 Å². The van der Waals surface area contributed by atoms with Crippen LogP contribution in [0.25, 0.3) is 0 Å². The average Bonchev–Trinajstić information content (AvgIpc) is 3.34. The molecule has 1 aromatic heterocycles. The molecule has 1 unspecified atom stereocenters. The van der Waals surface area contributed by atoms with Gasteiger partial charge in [-0.25, -0.2) is 13.1 Å². The number of rotatable bonds is 7. The molecule has 2 aliphatic rings. The van der Waals surface area contributed by atoms with E-state index >= 15 is 0 Å². The molecule has 3 heterocycles. The molecule has 2 N–H and O–H groups in total. The van der Waals surface area contributed by atoms with Gasteiger partial charge in [0.1, 0.15) is 5.69 Å². The molecule has 12 heteroatoms. The third kappa shape index (κ3) is 5.41. The topological polar surface area (TPSA) is 132 Å². The minimum atomic E-state index is -3.76. The van der Waals surface area contributed by atoms with Crippen molar-refractivity contribution >= 4 is 27.3 Å². The zero-order valence-corrected chi connectivity index (χ0v) is 19.1. The van der Waals surface area contributed by atoms with E-state index in [0.717, 1.165) is 17.5 Å². The highest BCUT2D eigenvalue weighted by Crippen LogP contribution is 2.28. The van der Waals surface area contributed by atoms with Crippen LogP contribution in [0.3, 0.4) is 0 Å². The van der Waals surface area contributed by atoms with Gasteiger partial charge >= 0.3 is 0 Å². The van der Waals surface area contributed by atoms with Crippen LogP contribution in [0.5, 0.6) is 0 Å². The van der Waals surface area contributed by atoms with Crippen molar-refractivity contribution in [2.24, 2.45) is 7.05 Å². The highest BCUT2D eigenvalue weighted by molar-refractivity contribution is 7.89. The number of hydrogen-bond acceptors (Lipinski definition) is 8. The van der Waals surface area contributed by atoms with Crippen LogP contribution >= 0.6 is 0 Å². The molecular formula is C21H27N5O6S. The van der Waals surface area contributed by atoms with Crippen LogP contribution in [0.4, 0.5) is 11.4 Å². The number of nitrogens with one attached hydrogen (secondary N) is 2. The lowest BCUT2D eigenvalue weighted by Gasteiger charge is -2.26. The summed E-state index contributed by atoms with van der Waals surface area (Å²) in [6.45, 7) is 2.45. The molecule has 33 heavy (non-hydrogen) atoms. The van der Waals surface area contributed by atoms with Crippen molar-refractivity contribution < 1.29 is 22.7 Å². The molecule has 4 rings (SSSR count). The number of aromatic nitrogens is 2. The van der Waals surface area contributed by atoms with Crippen LogP contribution in [-0.2, 0) is 26.5 Å². The van der Waals surface area contributed by atoms with E-state index in [0.29, 0.717) is 37.7 Å². The molecule has 1 amide bonds. The van der Waals surface area contributed by atoms with Crippen molar-refractivity contribution in [2.75, 3.05) is 50.1 Å². The predicted octanol–water partition coefficient (Wildman–Crippen LogP) is 0.644. The molecule has 1 atom stereocenters. The zero-order chi connectivity index (χ0) is 23.4. The van der Waals surface area contributed by atoms with Gasteiger partial charge in [-0.3, -0.25) is 9.59 Å². The standard InChI is InChI=1S/C21H27N5O6S/c1-25-20(27)7-6-18(24-25)21(28)23-19-13-16(33(29,30)26-8-11-31-12-9-26)4-5-17(19)22-14-15-3-2-10-32-15/h4-7,13,15,22H,2-3,8-12,14H2,1H3,(H,23,28). The number of morpholine rings is 1. The summed E-state index contributed by atoms with van der Waals surface area (Å²) in [6.07, 6.45) is 1.97. The summed E-state index contributed by atoms with van der Waals surface area (Å²) in [7, 11) is -2.31. The van der Waals surface area contributed by atoms with Crippen molar-refractivity contribution in [1.29, 1.82) is 0 Å². The second-order valence-corrected chi connectivity index (χ2v) is 9.81. The van der Waals surface area contributed by atoms with E-state index < -0.39 is 15.9 Å². The van der Waals surface area contributed by atoms with E-state index in [1.54, 1.807) is 6.07 Å². The average molecular weight is 478 g/mol. The Morgan fingerprint density at radius 2 is 1.94 bits per heavy atom. The largest absolute Gasteiger partial charge is 0.381 e. The molecule has 0 saturated carbocycles. The Kier molecular flexibility index (Phi) is 7.08. The first-order valence-electron chi connectivity index (χ1n) is 10.8. The number of benzene rings is 1. The summed E-state index contributed by atoms with van der Waals surface area (Å²) >= 11 is 0. The first-order valence-corrected chi connectivity index (χ1v) is 12.2. The molecule has 2 aromatic rings. The molecule has 1 aromatic carbocycles. The van der Waals surface area contributed by atoms with Gasteiger partial charge in [0, 0.05) is 39.4 Å². The van der Waals surface area contributed by atoms with Gasteiger partial charge in [0.25, 0.3) is 11.5 Å². The smallest absolute Gasteiger partial charge is 0.276 e. The molecule has 2 saturated heterocycles. The lowest BCUT2D eigenvalue weighted by Crippen LogP contribution is -2.40. The molecule has 0 radical (unpaired) electrons. The number of nitrogens with zero attached hydrogens (tertiary/aromatic N) is 3. The lowest BCUT2D eigenvalue weighted by molar-refractivity contribution is 0.0730. The molecule has 0 spiro atoms. The van der Waals surface area contributed by atoms with E-state index in [4.69, 9.17) is 9.47 Å². The van der Waals surface area contributed by atoms with Crippen LogP contribution in [0.2, 0.25) is 0 Å². The maximum Gasteiger partial charge on any atom is 0.276 e. The van der Waals surface area contributed by atoms with E-state index in [-0.39, 0.29) is 35.3 Å². The molecule has 2 aliphatic heterocycles. The van der Waals surface area contributed by atoms with Crippen LogP contribution in [0.15, 0.2) is 40.0 Å². The fourth-order valence-corrected chi connectivity index (χ4v) is 5.15. The number of carbonyl (C=O) groups excluding carboxylic acids is 1. The summed E-state index contributed by atoms with van der Waals surface area (Å²) in [4.78, 5) is 24.5. The van der Waals surface area contributed by atoms with E-state index in [2.05, 4.69) is 15.7 Å². The number of hydrogen-bond donors (Lipinski definition) is 2.